The van der Waals surface area contributed by atoms with Gasteiger partial charge in [0.1, 0.15) is 0 Å². The van der Waals surface area contributed by atoms with E-state index in [2.05, 4.69) is 0 Å². The molecule has 0 atom stereocenters. The van der Waals surface area contributed by atoms with E-state index in [0.717, 1.165) is 0 Å². The molecule has 0 amide bonds. The maximum absolute atomic E-state index is 12.2. The molecular formula is C5H2F3I3O2. The van der Waals surface area contributed by atoms with Crippen molar-refractivity contribution in [3.05, 3.63) is 11.6 Å². The quantitative estimate of drug-likeness (QED) is 0.336. The molecule has 13 heavy (non-hydrogen) atoms. The van der Waals surface area contributed by atoms with Crippen LogP contribution in [0.2, 0.25) is 0 Å². The minimum absolute atomic E-state index is 0.186. The number of aliphatic carboxylic acids is 1. The van der Waals surface area contributed by atoms with Crippen molar-refractivity contribution in [2.45, 2.75) is 5.61 Å². The summed E-state index contributed by atoms with van der Waals surface area (Å²) in [5.41, 5.74) is -1.07. The van der Waals surface area contributed by atoms with E-state index in [1.807, 2.05) is 0 Å². The molecule has 0 aromatic carbocycles. The van der Waals surface area contributed by atoms with E-state index in [1.54, 1.807) is 0 Å². The standard InChI is InChI=1S/C5H2F3I3O2/c6-4(7,8)2(1-3(12)13)5(9,10)11/h1H,(H,12,13)/b2-1-. The predicted octanol–water partition coefficient (Wildman–Crippen LogP) is 3.52. The lowest BCUT2D eigenvalue weighted by Crippen LogP contribution is -2.23. The van der Waals surface area contributed by atoms with Gasteiger partial charge in [-0.05, 0) is 67.8 Å². The molecule has 0 aliphatic heterocycles. The summed E-state index contributed by atoms with van der Waals surface area (Å²) in [7, 11) is 0. The lowest BCUT2D eigenvalue weighted by atomic mass is 10.3. The number of allylic oxidation sites excluding steroid dienone is 1. The van der Waals surface area contributed by atoms with Gasteiger partial charge in [-0.3, -0.25) is 0 Å². The first-order valence-electron chi connectivity index (χ1n) is 2.64. The second kappa shape index (κ2) is 4.81. The van der Waals surface area contributed by atoms with Crippen LogP contribution in [0.1, 0.15) is 0 Å². The topological polar surface area (TPSA) is 37.3 Å². The molecule has 2 nitrogen and oxygen atoms in total. The van der Waals surface area contributed by atoms with Gasteiger partial charge < -0.3 is 5.11 Å². The van der Waals surface area contributed by atoms with Gasteiger partial charge >= 0.3 is 12.1 Å². The minimum Gasteiger partial charge on any atom is -0.478 e. The fraction of sp³-hybridized carbons (Fsp3) is 0.400. The molecular weight excluding hydrogens is 530 g/mol. The molecule has 0 aromatic rings. The normalized spacial score (nSPS) is 14.5. The van der Waals surface area contributed by atoms with Crippen LogP contribution in [0.5, 0.6) is 0 Å². The summed E-state index contributed by atoms with van der Waals surface area (Å²) in [4.78, 5) is 10.1. The van der Waals surface area contributed by atoms with Gasteiger partial charge in [0, 0.05) is 6.08 Å². The van der Waals surface area contributed by atoms with Crippen LogP contribution in [0.4, 0.5) is 13.2 Å². The molecule has 0 spiro atoms. The van der Waals surface area contributed by atoms with Crippen LogP contribution in [0.15, 0.2) is 11.6 Å². The van der Waals surface area contributed by atoms with Crippen molar-refractivity contribution >= 4 is 73.7 Å². The van der Waals surface area contributed by atoms with Crippen LogP contribution in [0.3, 0.4) is 0 Å². The van der Waals surface area contributed by atoms with Crippen molar-refractivity contribution < 1.29 is 23.1 Å². The average molecular weight is 532 g/mol. The van der Waals surface area contributed by atoms with E-state index in [-0.39, 0.29) is 6.08 Å². The second-order valence-electron chi connectivity index (χ2n) is 1.89. The molecule has 8 heteroatoms. The fourth-order valence-electron chi connectivity index (χ4n) is 0.448. The van der Waals surface area contributed by atoms with E-state index in [9.17, 15) is 18.0 Å². The zero-order chi connectivity index (χ0) is 10.9. The lowest BCUT2D eigenvalue weighted by molar-refractivity contribution is -0.132. The van der Waals surface area contributed by atoms with Crippen LogP contribution >= 0.6 is 67.8 Å². The van der Waals surface area contributed by atoms with Crippen LogP contribution in [-0.2, 0) is 4.79 Å². The van der Waals surface area contributed by atoms with Crippen LogP contribution in [0.25, 0.3) is 0 Å². The summed E-state index contributed by atoms with van der Waals surface area (Å²) in [6.07, 6.45) is -4.42. The maximum atomic E-state index is 12.2. The van der Waals surface area contributed by atoms with Gasteiger partial charge in [0.15, 0.2) is -0.565 Å². The van der Waals surface area contributed by atoms with Gasteiger partial charge in [-0.1, -0.05) is 0 Å². The van der Waals surface area contributed by atoms with Crippen molar-refractivity contribution in [1.82, 2.24) is 0 Å². The van der Waals surface area contributed by atoms with Gasteiger partial charge in [0.05, 0.1) is 5.57 Å². The highest BCUT2D eigenvalue weighted by Crippen LogP contribution is 2.49. The number of hydrogen-bond donors (Lipinski definition) is 1. The number of carbonyl (C=O) groups is 1. The van der Waals surface area contributed by atoms with E-state index in [1.165, 1.54) is 67.8 Å². The first-order chi connectivity index (χ1) is 5.55. The van der Waals surface area contributed by atoms with Crippen molar-refractivity contribution in [3.63, 3.8) is 0 Å². The fourth-order valence-corrected chi connectivity index (χ4v) is 1.83. The highest BCUT2D eigenvalue weighted by atomic mass is 127. The molecule has 0 radical (unpaired) electrons. The zero-order valence-corrected chi connectivity index (χ0v) is 12.2. The van der Waals surface area contributed by atoms with E-state index >= 15 is 0 Å². The maximum Gasteiger partial charge on any atom is 0.415 e. The Labute approximate surface area is 113 Å². The Balaban J connectivity index is 5.13. The highest BCUT2D eigenvalue weighted by Gasteiger charge is 2.44. The molecule has 0 rings (SSSR count). The Morgan fingerprint density at radius 2 is 1.62 bits per heavy atom. The minimum atomic E-state index is -4.61. The van der Waals surface area contributed by atoms with Gasteiger partial charge in [-0.25, -0.2) is 4.79 Å². The van der Waals surface area contributed by atoms with Crippen LogP contribution < -0.4 is 0 Å². The third kappa shape index (κ3) is 5.59. The summed E-state index contributed by atoms with van der Waals surface area (Å²) in [6, 6.07) is 0. The molecule has 0 heterocycles. The molecule has 0 fully saturated rings. The summed E-state index contributed by atoms with van der Waals surface area (Å²) in [5, 5.41) is 8.22. The number of hydrogen-bond acceptors (Lipinski definition) is 1. The SMILES string of the molecule is O=C(O)/C=C(/C(F)(F)F)C(I)(I)I. The molecule has 0 saturated heterocycles. The van der Waals surface area contributed by atoms with Gasteiger partial charge in [0.2, 0.25) is 0 Å². The first kappa shape index (κ1) is 14.2. The Bertz CT molecular complexity index is 224. The summed E-state index contributed by atoms with van der Waals surface area (Å²) >= 11 is 4.56. The Hall–Kier alpha value is 1.19. The largest absolute Gasteiger partial charge is 0.478 e. The number of carboxylic acids is 1. The molecule has 76 valence electrons. The smallest absolute Gasteiger partial charge is 0.415 e. The number of carboxylic acid groups (broad SMARTS) is 1. The third-order valence-corrected chi connectivity index (χ3v) is 2.62. The Morgan fingerprint density at radius 3 is 1.69 bits per heavy atom. The van der Waals surface area contributed by atoms with Crippen LogP contribution in [0, 0.1) is 0 Å². The highest BCUT2D eigenvalue weighted by molar-refractivity contribution is 14.3. The van der Waals surface area contributed by atoms with Gasteiger partial charge in [0.25, 0.3) is 0 Å². The van der Waals surface area contributed by atoms with Crippen molar-refractivity contribution in [2.24, 2.45) is 0 Å². The molecule has 0 bridgehead atoms. The van der Waals surface area contributed by atoms with E-state index in [0.29, 0.717) is 0 Å². The van der Waals surface area contributed by atoms with Crippen LogP contribution in [-0.4, -0.2) is 16.7 Å². The molecule has 0 aliphatic rings. The van der Waals surface area contributed by atoms with E-state index in [4.69, 9.17) is 5.11 Å². The Kier molecular flexibility index (Phi) is 5.25. The third-order valence-electron chi connectivity index (χ3n) is 0.879. The molecule has 0 saturated carbocycles. The second-order valence-corrected chi connectivity index (χ2v) is 12.9. The summed E-state index contributed by atoms with van der Waals surface area (Å²) in [6.45, 7) is 0. The Morgan fingerprint density at radius 1 is 1.23 bits per heavy atom. The van der Waals surface area contributed by atoms with Gasteiger partial charge in [-0.15, -0.1) is 0 Å². The number of rotatable bonds is 2. The molecule has 0 aliphatic carbocycles. The summed E-state index contributed by atoms with van der Waals surface area (Å²) in [5.74, 6) is -1.60. The summed E-state index contributed by atoms with van der Waals surface area (Å²) < 4.78 is 35.4. The first-order valence-corrected chi connectivity index (χ1v) is 5.88. The van der Waals surface area contributed by atoms with Crippen molar-refractivity contribution in [2.75, 3.05) is 0 Å². The van der Waals surface area contributed by atoms with Crippen molar-refractivity contribution in [3.8, 4) is 0 Å². The molecule has 1 N–H and O–H groups in total. The number of alkyl halides is 6. The molecule has 0 unspecified atom stereocenters. The molecule has 0 aromatic heterocycles. The van der Waals surface area contributed by atoms with Gasteiger partial charge in [-0.2, -0.15) is 13.2 Å². The van der Waals surface area contributed by atoms with E-state index < -0.39 is 17.2 Å². The zero-order valence-electron chi connectivity index (χ0n) is 5.70. The predicted molar refractivity (Wildman–Crippen MR) is 66.6 cm³/mol. The van der Waals surface area contributed by atoms with Crippen molar-refractivity contribution in [1.29, 1.82) is 0 Å². The lowest BCUT2D eigenvalue weighted by Gasteiger charge is -2.19. The average Bonchev–Trinajstić information content (AvgIpc) is 1.77. The monoisotopic (exact) mass is 532 g/mol. The number of halogens is 6.